The fourth-order valence-electron chi connectivity index (χ4n) is 1.97. The second kappa shape index (κ2) is 6.43. The van der Waals surface area contributed by atoms with Crippen LogP contribution in [-0.4, -0.2) is 12.6 Å². The molecule has 1 unspecified atom stereocenters. The van der Waals surface area contributed by atoms with Crippen LogP contribution in [0.1, 0.15) is 18.4 Å². The van der Waals surface area contributed by atoms with Gasteiger partial charge in [-0.25, -0.2) is 5.43 Å². The SMILES string of the molecule is NNC(Cc1ccc(Cl)cc1Cl)C1=CCCCO1. The smallest absolute Gasteiger partial charge is 0.111 e. The number of ether oxygens (including phenoxy) is 1. The lowest BCUT2D eigenvalue weighted by molar-refractivity contribution is 0.167. The average molecular weight is 287 g/mol. The van der Waals surface area contributed by atoms with E-state index in [9.17, 15) is 0 Å². The summed E-state index contributed by atoms with van der Waals surface area (Å²) in [6, 6.07) is 5.43. The lowest BCUT2D eigenvalue weighted by atomic mass is 10.0. The van der Waals surface area contributed by atoms with Crippen LogP contribution < -0.4 is 11.3 Å². The maximum absolute atomic E-state index is 6.16. The number of nitrogens with two attached hydrogens (primary N) is 1. The molecule has 3 nitrogen and oxygen atoms in total. The molecule has 98 valence electrons. The van der Waals surface area contributed by atoms with Crippen LogP contribution in [0.25, 0.3) is 0 Å². The first-order valence-corrected chi connectivity index (χ1v) is 6.69. The van der Waals surface area contributed by atoms with Gasteiger partial charge in [-0.1, -0.05) is 29.3 Å². The van der Waals surface area contributed by atoms with Crippen LogP contribution in [0, 0.1) is 0 Å². The molecule has 0 fully saturated rings. The molecule has 5 heteroatoms. The van der Waals surface area contributed by atoms with E-state index in [2.05, 4.69) is 11.5 Å². The van der Waals surface area contributed by atoms with E-state index in [0.29, 0.717) is 16.5 Å². The highest BCUT2D eigenvalue weighted by molar-refractivity contribution is 6.35. The summed E-state index contributed by atoms with van der Waals surface area (Å²) in [5, 5.41) is 1.29. The van der Waals surface area contributed by atoms with Crippen molar-refractivity contribution < 1.29 is 4.74 Å². The highest BCUT2D eigenvalue weighted by Crippen LogP contribution is 2.24. The summed E-state index contributed by atoms with van der Waals surface area (Å²) >= 11 is 12.0. The van der Waals surface area contributed by atoms with Crippen molar-refractivity contribution in [2.75, 3.05) is 6.61 Å². The van der Waals surface area contributed by atoms with E-state index in [4.69, 9.17) is 33.8 Å². The molecule has 0 aromatic heterocycles. The van der Waals surface area contributed by atoms with Crippen LogP contribution in [0.5, 0.6) is 0 Å². The molecule has 1 aliphatic heterocycles. The quantitative estimate of drug-likeness (QED) is 0.661. The van der Waals surface area contributed by atoms with Crippen molar-refractivity contribution in [3.63, 3.8) is 0 Å². The predicted octanol–water partition coefficient (Wildman–Crippen LogP) is 3.06. The molecule has 1 atom stereocenters. The molecule has 2 rings (SSSR count). The van der Waals surface area contributed by atoms with Gasteiger partial charge >= 0.3 is 0 Å². The van der Waals surface area contributed by atoms with E-state index in [1.54, 1.807) is 6.07 Å². The number of hydrogen-bond donors (Lipinski definition) is 2. The Kier molecular flexibility index (Phi) is 4.89. The first-order valence-electron chi connectivity index (χ1n) is 5.93. The zero-order valence-corrected chi connectivity index (χ0v) is 11.5. The Labute approximate surface area is 117 Å². The fourth-order valence-corrected chi connectivity index (χ4v) is 2.45. The summed E-state index contributed by atoms with van der Waals surface area (Å²) in [5.41, 5.74) is 3.78. The second-order valence-electron chi connectivity index (χ2n) is 4.26. The van der Waals surface area contributed by atoms with Gasteiger partial charge in [0, 0.05) is 10.0 Å². The van der Waals surface area contributed by atoms with Crippen molar-refractivity contribution >= 4 is 23.2 Å². The van der Waals surface area contributed by atoms with Gasteiger partial charge in [0.05, 0.1) is 12.6 Å². The molecule has 18 heavy (non-hydrogen) atoms. The molecular weight excluding hydrogens is 271 g/mol. The van der Waals surface area contributed by atoms with Crippen molar-refractivity contribution in [2.24, 2.45) is 5.84 Å². The summed E-state index contributed by atoms with van der Waals surface area (Å²) in [6.07, 6.45) is 4.85. The Morgan fingerprint density at radius 2 is 2.22 bits per heavy atom. The van der Waals surface area contributed by atoms with Gasteiger partial charge in [-0.3, -0.25) is 5.84 Å². The highest BCUT2D eigenvalue weighted by atomic mass is 35.5. The van der Waals surface area contributed by atoms with Gasteiger partial charge in [0.1, 0.15) is 5.76 Å². The van der Waals surface area contributed by atoms with Gasteiger partial charge in [-0.15, -0.1) is 0 Å². The molecule has 1 aliphatic rings. The fraction of sp³-hybridized carbons (Fsp3) is 0.385. The van der Waals surface area contributed by atoms with E-state index in [1.807, 2.05) is 12.1 Å². The number of allylic oxidation sites excluding steroid dienone is 1. The van der Waals surface area contributed by atoms with Gasteiger partial charge in [0.25, 0.3) is 0 Å². The molecule has 0 aliphatic carbocycles. The Morgan fingerprint density at radius 1 is 1.39 bits per heavy atom. The zero-order chi connectivity index (χ0) is 13.0. The van der Waals surface area contributed by atoms with Crippen LogP contribution in [0.4, 0.5) is 0 Å². The van der Waals surface area contributed by atoms with E-state index in [0.717, 1.165) is 30.8 Å². The molecule has 1 heterocycles. The Bertz CT molecular complexity index is 449. The van der Waals surface area contributed by atoms with Crippen LogP contribution in [0.3, 0.4) is 0 Å². The summed E-state index contributed by atoms with van der Waals surface area (Å²) in [4.78, 5) is 0. The normalized spacial score (nSPS) is 16.9. The van der Waals surface area contributed by atoms with Crippen molar-refractivity contribution in [1.29, 1.82) is 0 Å². The van der Waals surface area contributed by atoms with Gasteiger partial charge in [0.15, 0.2) is 0 Å². The number of hydrogen-bond acceptors (Lipinski definition) is 3. The van der Waals surface area contributed by atoms with E-state index < -0.39 is 0 Å². The monoisotopic (exact) mass is 286 g/mol. The molecular formula is C13H16Cl2N2O. The number of benzene rings is 1. The minimum atomic E-state index is -0.0519. The van der Waals surface area contributed by atoms with E-state index in [1.165, 1.54) is 0 Å². The molecule has 0 saturated heterocycles. The standard InChI is InChI=1S/C13H16Cl2N2O/c14-10-5-4-9(11(15)8-10)7-12(17-16)13-3-1-2-6-18-13/h3-5,8,12,17H,1-2,6-7,16H2. The Hall–Kier alpha value is -0.740. The highest BCUT2D eigenvalue weighted by Gasteiger charge is 2.18. The average Bonchev–Trinajstić information content (AvgIpc) is 2.39. The number of halogens is 2. The summed E-state index contributed by atoms with van der Waals surface area (Å²) < 4.78 is 5.62. The number of rotatable bonds is 4. The third kappa shape index (κ3) is 3.39. The molecule has 0 saturated carbocycles. The largest absolute Gasteiger partial charge is 0.497 e. The third-order valence-corrected chi connectivity index (χ3v) is 3.53. The minimum absolute atomic E-state index is 0.0519. The van der Waals surface area contributed by atoms with E-state index in [-0.39, 0.29) is 6.04 Å². The van der Waals surface area contributed by atoms with Crippen LogP contribution >= 0.6 is 23.2 Å². The molecule has 0 radical (unpaired) electrons. The van der Waals surface area contributed by atoms with Gasteiger partial charge in [-0.05, 0) is 43.0 Å². The first-order chi connectivity index (χ1) is 8.70. The van der Waals surface area contributed by atoms with Crippen LogP contribution in [-0.2, 0) is 11.2 Å². The lowest BCUT2D eigenvalue weighted by Gasteiger charge is -2.23. The third-order valence-electron chi connectivity index (χ3n) is 2.95. The first kappa shape index (κ1) is 13.7. The topological polar surface area (TPSA) is 47.3 Å². The second-order valence-corrected chi connectivity index (χ2v) is 5.10. The number of nitrogens with one attached hydrogen (secondary N) is 1. The predicted molar refractivity (Wildman–Crippen MR) is 74.5 cm³/mol. The van der Waals surface area contributed by atoms with Crippen molar-refractivity contribution in [3.8, 4) is 0 Å². The summed E-state index contributed by atoms with van der Waals surface area (Å²) in [5.74, 6) is 6.49. The van der Waals surface area contributed by atoms with Crippen molar-refractivity contribution in [2.45, 2.75) is 25.3 Å². The molecule has 1 aromatic carbocycles. The molecule has 0 amide bonds. The molecule has 1 aromatic rings. The van der Waals surface area contributed by atoms with Gasteiger partial charge in [0.2, 0.25) is 0 Å². The lowest BCUT2D eigenvalue weighted by Crippen LogP contribution is -2.39. The Morgan fingerprint density at radius 3 is 2.83 bits per heavy atom. The van der Waals surface area contributed by atoms with Crippen LogP contribution in [0.15, 0.2) is 30.0 Å². The van der Waals surface area contributed by atoms with E-state index >= 15 is 0 Å². The minimum Gasteiger partial charge on any atom is -0.497 e. The summed E-state index contributed by atoms with van der Waals surface area (Å²) in [6.45, 7) is 0.748. The Balaban J connectivity index is 2.12. The van der Waals surface area contributed by atoms with Gasteiger partial charge in [-0.2, -0.15) is 0 Å². The summed E-state index contributed by atoms with van der Waals surface area (Å²) in [7, 11) is 0. The van der Waals surface area contributed by atoms with Crippen molar-refractivity contribution in [3.05, 3.63) is 45.6 Å². The number of hydrazine groups is 1. The molecule has 0 spiro atoms. The molecule has 3 N–H and O–H groups in total. The van der Waals surface area contributed by atoms with Crippen LogP contribution in [0.2, 0.25) is 10.0 Å². The van der Waals surface area contributed by atoms with Gasteiger partial charge < -0.3 is 4.74 Å². The van der Waals surface area contributed by atoms with Crippen molar-refractivity contribution in [1.82, 2.24) is 5.43 Å². The molecule has 0 bridgehead atoms. The maximum Gasteiger partial charge on any atom is 0.111 e. The zero-order valence-electron chi connectivity index (χ0n) is 9.96. The maximum atomic E-state index is 6.16.